The molecule has 0 radical (unpaired) electrons. The Hall–Kier alpha value is -2.50. The maximum atomic E-state index is 4.31. The fourth-order valence-electron chi connectivity index (χ4n) is 2.11. The standard InChI is InChI=1S/C14H16N6/c1-2-6-13-12(5-1)14(17-9-16-13)15-7-3-4-8-20-10-18-19-11-20/h1-2,5-6,9-11H,3-4,7-8H2,(H,15,16,17). The Kier molecular flexibility index (Phi) is 3.82. The molecule has 1 N–H and O–H groups in total. The topological polar surface area (TPSA) is 68.5 Å². The van der Waals surface area contributed by atoms with E-state index in [0.29, 0.717) is 0 Å². The Labute approximate surface area is 116 Å². The minimum atomic E-state index is 0.892. The highest BCUT2D eigenvalue weighted by atomic mass is 15.2. The van der Waals surface area contributed by atoms with Crippen LogP contribution in [0.2, 0.25) is 0 Å². The molecule has 3 aromatic rings. The zero-order chi connectivity index (χ0) is 13.6. The fourth-order valence-corrected chi connectivity index (χ4v) is 2.11. The second-order valence-corrected chi connectivity index (χ2v) is 4.57. The van der Waals surface area contributed by atoms with Crippen molar-refractivity contribution in [1.82, 2.24) is 24.7 Å². The third-order valence-electron chi connectivity index (χ3n) is 3.14. The molecule has 0 bridgehead atoms. The highest BCUT2D eigenvalue weighted by Gasteiger charge is 2.01. The summed E-state index contributed by atoms with van der Waals surface area (Å²) < 4.78 is 1.99. The number of hydrogen-bond acceptors (Lipinski definition) is 5. The normalized spacial score (nSPS) is 10.8. The number of aryl methyl sites for hydroxylation is 1. The van der Waals surface area contributed by atoms with Gasteiger partial charge in [0.1, 0.15) is 24.8 Å². The van der Waals surface area contributed by atoms with E-state index in [-0.39, 0.29) is 0 Å². The average molecular weight is 268 g/mol. The molecule has 3 rings (SSSR count). The van der Waals surface area contributed by atoms with Crippen LogP contribution in [0.4, 0.5) is 5.82 Å². The Morgan fingerprint density at radius 2 is 1.85 bits per heavy atom. The van der Waals surface area contributed by atoms with Crippen molar-refractivity contribution in [1.29, 1.82) is 0 Å². The van der Waals surface area contributed by atoms with Gasteiger partial charge in [0.05, 0.1) is 5.52 Å². The first-order chi connectivity index (χ1) is 9.93. The van der Waals surface area contributed by atoms with E-state index in [4.69, 9.17) is 0 Å². The molecule has 0 fully saturated rings. The monoisotopic (exact) mass is 268 g/mol. The molecular formula is C14H16N6. The van der Waals surface area contributed by atoms with E-state index >= 15 is 0 Å². The molecule has 0 aliphatic heterocycles. The zero-order valence-corrected chi connectivity index (χ0v) is 11.1. The molecular weight excluding hydrogens is 252 g/mol. The number of aromatic nitrogens is 5. The van der Waals surface area contributed by atoms with Crippen LogP contribution >= 0.6 is 0 Å². The smallest absolute Gasteiger partial charge is 0.137 e. The Morgan fingerprint density at radius 1 is 1.00 bits per heavy atom. The molecule has 20 heavy (non-hydrogen) atoms. The van der Waals surface area contributed by atoms with Crippen molar-refractivity contribution in [2.24, 2.45) is 0 Å². The van der Waals surface area contributed by atoms with Gasteiger partial charge in [-0.3, -0.25) is 0 Å². The van der Waals surface area contributed by atoms with E-state index < -0.39 is 0 Å². The van der Waals surface area contributed by atoms with Crippen LogP contribution in [0.25, 0.3) is 10.9 Å². The number of rotatable bonds is 6. The molecule has 0 atom stereocenters. The molecule has 0 saturated carbocycles. The summed E-state index contributed by atoms with van der Waals surface area (Å²) in [5, 5.41) is 12.0. The van der Waals surface area contributed by atoms with E-state index in [2.05, 4.69) is 25.5 Å². The van der Waals surface area contributed by atoms with Gasteiger partial charge in [0.2, 0.25) is 0 Å². The highest BCUT2D eigenvalue weighted by Crippen LogP contribution is 2.18. The molecule has 0 unspecified atom stereocenters. The largest absolute Gasteiger partial charge is 0.369 e. The summed E-state index contributed by atoms with van der Waals surface area (Å²) in [5.74, 6) is 0.903. The SMILES string of the molecule is c1ccc2c(NCCCCn3cnnc3)ncnc2c1. The summed E-state index contributed by atoms with van der Waals surface area (Å²) >= 11 is 0. The van der Waals surface area contributed by atoms with Crippen molar-refractivity contribution >= 4 is 16.7 Å². The van der Waals surface area contributed by atoms with Crippen molar-refractivity contribution in [3.63, 3.8) is 0 Å². The number of para-hydroxylation sites is 1. The molecule has 6 heteroatoms. The second-order valence-electron chi connectivity index (χ2n) is 4.57. The van der Waals surface area contributed by atoms with Gasteiger partial charge in [-0.25, -0.2) is 9.97 Å². The maximum Gasteiger partial charge on any atom is 0.137 e. The number of nitrogens with zero attached hydrogens (tertiary/aromatic N) is 5. The molecule has 0 aliphatic rings. The van der Waals surface area contributed by atoms with Gasteiger partial charge in [0, 0.05) is 18.5 Å². The Morgan fingerprint density at radius 3 is 2.75 bits per heavy atom. The lowest BCUT2D eigenvalue weighted by molar-refractivity contribution is 0.619. The maximum absolute atomic E-state index is 4.31. The predicted octanol–water partition coefficient (Wildman–Crippen LogP) is 2.11. The molecule has 0 saturated heterocycles. The molecule has 2 aromatic heterocycles. The van der Waals surface area contributed by atoms with E-state index in [1.165, 1.54) is 0 Å². The number of unbranched alkanes of at least 4 members (excludes halogenated alkanes) is 1. The van der Waals surface area contributed by atoms with Crippen molar-refractivity contribution in [3.8, 4) is 0 Å². The fraction of sp³-hybridized carbons (Fsp3) is 0.286. The van der Waals surface area contributed by atoms with Crippen LogP contribution in [-0.4, -0.2) is 31.3 Å². The van der Waals surface area contributed by atoms with Crippen LogP contribution < -0.4 is 5.32 Å². The minimum Gasteiger partial charge on any atom is -0.369 e. The predicted molar refractivity (Wildman–Crippen MR) is 77.3 cm³/mol. The lowest BCUT2D eigenvalue weighted by atomic mass is 10.2. The molecule has 0 aliphatic carbocycles. The van der Waals surface area contributed by atoms with Crippen molar-refractivity contribution in [2.45, 2.75) is 19.4 Å². The minimum absolute atomic E-state index is 0.892. The van der Waals surface area contributed by atoms with Gasteiger partial charge in [-0.1, -0.05) is 12.1 Å². The third-order valence-corrected chi connectivity index (χ3v) is 3.14. The second kappa shape index (κ2) is 6.10. The average Bonchev–Trinajstić information content (AvgIpc) is 3.00. The molecule has 1 aromatic carbocycles. The van der Waals surface area contributed by atoms with Crippen LogP contribution in [0, 0.1) is 0 Å². The van der Waals surface area contributed by atoms with Gasteiger partial charge >= 0.3 is 0 Å². The first kappa shape index (κ1) is 12.5. The molecule has 0 spiro atoms. The van der Waals surface area contributed by atoms with Gasteiger partial charge in [-0.05, 0) is 25.0 Å². The van der Waals surface area contributed by atoms with E-state index in [1.807, 2.05) is 28.8 Å². The molecule has 6 nitrogen and oxygen atoms in total. The molecule has 0 amide bonds. The molecule has 102 valence electrons. The van der Waals surface area contributed by atoms with Gasteiger partial charge in [-0.15, -0.1) is 10.2 Å². The van der Waals surface area contributed by atoms with Crippen LogP contribution in [0.5, 0.6) is 0 Å². The van der Waals surface area contributed by atoms with E-state index in [1.54, 1.807) is 19.0 Å². The van der Waals surface area contributed by atoms with E-state index in [9.17, 15) is 0 Å². The van der Waals surface area contributed by atoms with Crippen molar-refractivity contribution < 1.29 is 0 Å². The summed E-state index contributed by atoms with van der Waals surface area (Å²) in [4.78, 5) is 8.56. The number of benzene rings is 1. The summed E-state index contributed by atoms with van der Waals surface area (Å²) in [7, 11) is 0. The third kappa shape index (κ3) is 2.90. The number of hydrogen-bond donors (Lipinski definition) is 1. The lowest BCUT2D eigenvalue weighted by Gasteiger charge is -2.08. The van der Waals surface area contributed by atoms with Crippen molar-refractivity contribution in [3.05, 3.63) is 43.2 Å². The number of fused-ring (bicyclic) bond motifs is 1. The summed E-state index contributed by atoms with van der Waals surface area (Å²) in [6, 6.07) is 8.02. The summed E-state index contributed by atoms with van der Waals surface area (Å²) in [6.07, 6.45) is 7.23. The lowest BCUT2D eigenvalue weighted by Crippen LogP contribution is -2.05. The van der Waals surface area contributed by atoms with Gasteiger partial charge < -0.3 is 9.88 Å². The van der Waals surface area contributed by atoms with Crippen LogP contribution in [-0.2, 0) is 6.54 Å². The number of anilines is 1. The van der Waals surface area contributed by atoms with Gasteiger partial charge in [0.25, 0.3) is 0 Å². The number of nitrogens with one attached hydrogen (secondary N) is 1. The quantitative estimate of drug-likeness (QED) is 0.693. The molecule has 2 heterocycles. The van der Waals surface area contributed by atoms with Gasteiger partial charge in [-0.2, -0.15) is 0 Å². The van der Waals surface area contributed by atoms with Gasteiger partial charge in [0.15, 0.2) is 0 Å². The highest BCUT2D eigenvalue weighted by molar-refractivity contribution is 5.88. The van der Waals surface area contributed by atoms with Crippen molar-refractivity contribution in [2.75, 3.05) is 11.9 Å². The summed E-state index contributed by atoms with van der Waals surface area (Å²) in [5.41, 5.74) is 0.967. The van der Waals surface area contributed by atoms with Crippen LogP contribution in [0.15, 0.2) is 43.2 Å². The van der Waals surface area contributed by atoms with Crippen LogP contribution in [0.3, 0.4) is 0 Å². The summed E-state index contributed by atoms with van der Waals surface area (Å²) in [6.45, 7) is 1.84. The zero-order valence-electron chi connectivity index (χ0n) is 11.1. The first-order valence-electron chi connectivity index (χ1n) is 6.69. The van der Waals surface area contributed by atoms with E-state index in [0.717, 1.165) is 42.7 Å². The van der Waals surface area contributed by atoms with Crippen LogP contribution in [0.1, 0.15) is 12.8 Å². The Balaban J connectivity index is 1.52. The first-order valence-corrected chi connectivity index (χ1v) is 6.69. The Bertz CT molecular complexity index is 659.